The zero-order valence-electron chi connectivity index (χ0n) is 13.7. The number of hydrogen-bond donors (Lipinski definition) is 1. The lowest BCUT2D eigenvalue weighted by atomic mass is 9.86. The van der Waals surface area contributed by atoms with Crippen LogP contribution in [0.25, 0.3) is 0 Å². The van der Waals surface area contributed by atoms with Crippen LogP contribution in [0.15, 0.2) is 24.3 Å². The first-order chi connectivity index (χ1) is 9.36. The first-order valence-corrected chi connectivity index (χ1v) is 7.87. The molecule has 2 atom stereocenters. The monoisotopic (exact) mass is 274 g/mol. The van der Waals surface area contributed by atoms with E-state index in [9.17, 15) is 0 Å². The molecule has 0 amide bonds. The molecule has 0 radical (unpaired) electrons. The molecule has 2 rings (SSSR count). The summed E-state index contributed by atoms with van der Waals surface area (Å²) in [6, 6.07) is 9.75. The van der Waals surface area contributed by atoms with Gasteiger partial charge in [0, 0.05) is 19.1 Å². The van der Waals surface area contributed by atoms with Crippen molar-refractivity contribution in [2.75, 3.05) is 20.1 Å². The third-order valence-corrected chi connectivity index (χ3v) is 4.50. The third-order valence-electron chi connectivity index (χ3n) is 4.50. The summed E-state index contributed by atoms with van der Waals surface area (Å²) in [4.78, 5) is 2.43. The van der Waals surface area contributed by atoms with E-state index in [1.807, 2.05) is 0 Å². The Morgan fingerprint density at radius 3 is 2.40 bits per heavy atom. The fourth-order valence-corrected chi connectivity index (χ4v) is 3.03. The minimum absolute atomic E-state index is 0.244. The summed E-state index contributed by atoms with van der Waals surface area (Å²) in [5, 5.41) is 3.74. The third kappa shape index (κ3) is 4.07. The Balaban J connectivity index is 1.88. The summed E-state index contributed by atoms with van der Waals surface area (Å²) < 4.78 is 0. The summed E-state index contributed by atoms with van der Waals surface area (Å²) in [5.41, 5.74) is 3.05. The number of hydrogen-bond acceptors (Lipinski definition) is 2. The van der Waals surface area contributed by atoms with E-state index in [0.717, 1.165) is 12.5 Å². The second kappa shape index (κ2) is 6.28. The largest absolute Gasteiger partial charge is 0.310 e. The fourth-order valence-electron chi connectivity index (χ4n) is 3.03. The predicted octanol–water partition coefficient (Wildman–Crippen LogP) is 3.41. The quantitative estimate of drug-likeness (QED) is 0.908. The van der Waals surface area contributed by atoms with Gasteiger partial charge in [0.2, 0.25) is 0 Å². The number of likely N-dealkylation sites (tertiary alicyclic amines) is 1. The lowest BCUT2D eigenvalue weighted by molar-refractivity contribution is 0.174. The van der Waals surface area contributed by atoms with Crippen LogP contribution in [0.1, 0.15) is 45.2 Å². The minimum atomic E-state index is 0.244. The molecule has 1 aromatic carbocycles. The van der Waals surface area contributed by atoms with Gasteiger partial charge in [-0.25, -0.2) is 0 Å². The maximum absolute atomic E-state index is 3.74. The van der Waals surface area contributed by atoms with Crippen molar-refractivity contribution in [2.24, 2.45) is 5.92 Å². The number of piperidine rings is 1. The highest BCUT2D eigenvalue weighted by molar-refractivity contribution is 5.27. The molecular formula is C18H30N2. The molecule has 1 fully saturated rings. The molecule has 1 aliphatic heterocycles. The number of benzene rings is 1. The van der Waals surface area contributed by atoms with Crippen LogP contribution in [0.2, 0.25) is 0 Å². The first kappa shape index (κ1) is 15.5. The van der Waals surface area contributed by atoms with E-state index in [0.29, 0.717) is 6.04 Å². The van der Waals surface area contributed by atoms with Crippen LogP contribution >= 0.6 is 0 Å². The number of nitrogens with one attached hydrogen (secondary N) is 1. The predicted molar refractivity (Wildman–Crippen MR) is 87.0 cm³/mol. The molecule has 1 heterocycles. The summed E-state index contributed by atoms with van der Waals surface area (Å²) in [6.45, 7) is 12.6. The lowest BCUT2D eigenvalue weighted by Gasteiger charge is -2.35. The van der Waals surface area contributed by atoms with E-state index >= 15 is 0 Å². The topological polar surface area (TPSA) is 15.3 Å². The molecule has 112 valence electrons. The molecule has 1 aromatic rings. The van der Waals surface area contributed by atoms with Gasteiger partial charge in [0.1, 0.15) is 0 Å². The molecule has 0 spiro atoms. The maximum atomic E-state index is 3.74. The van der Waals surface area contributed by atoms with Gasteiger partial charge in [0.15, 0.2) is 0 Å². The van der Waals surface area contributed by atoms with Crippen LogP contribution in [0, 0.1) is 5.92 Å². The van der Waals surface area contributed by atoms with Gasteiger partial charge in [0.25, 0.3) is 0 Å². The van der Waals surface area contributed by atoms with Crippen molar-refractivity contribution in [1.82, 2.24) is 10.2 Å². The highest BCUT2D eigenvalue weighted by Crippen LogP contribution is 2.22. The van der Waals surface area contributed by atoms with Gasteiger partial charge in [-0.2, -0.15) is 0 Å². The average molecular weight is 274 g/mol. The maximum Gasteiger partial charge on any atom is 0.0208 e. The van der Waals surface area contributed by atoms with Crippen LogP contribution in [-0.4, -0.2) is 31.1 Å². The molecule has 1 saturated heterocycles. The molecular weight excluding hydrogens is 244 g/mol. The summed E-state index contributed by atoms with van der Waals surface area (Å²) in [7, 11) is 2.22. The van der Waals surface area contributed by atoms with Crippen LogP contribution in [0.5, 0.6) is 0 Å². The normalized spacial score (nSPS) is 24.9. The highest BCUT2D eigenvalue weighted by atomic mass is 15.1. The van der Waals surface area contributed by atoms with Crippen molar-refractivity contribution in [3.8, 4) is 0 Å². The molecule has 2 unspecified atom stereocenters. The van der Waals surface area contributed by atoms with Crippen LogP contribution in [0.4, 0.5) is 0 Å². The van der Waals surface area contributed by atoms with E-state index in [2.05, 4.69) is 69.2 Å². The second-order valence-corrected chi connectivity index (χ2v) is 7.46. The molecule has 0 bridgehead atoms. The Morgan fingerprint density at radius 1 is 1.20 bits per heavy atom. The smallest absolute Gasteiger partial charge is 0.0208 e. The van der Waals surface area contributed by atoms with Crippen molar-refractivity contribution in [3.05, 3.63) is 35.4 Å². The first-order valence-electron chi connectivity index (χ1n) is 7.87. The Morgan fingerprint density at radius 2 is 1.85 bits per heavy atom. The van der Waals surface area contributed by atoms with Crippen molar-refractivity contribution in [1.29, 1.82) is 0 Å². The SMILES string of the molecule is CC1CN(C)CCC1NCc1ccc(C(C)(C)C)cc1. The van der Waals surface area contributed by atoms with Gasteiger partial charge in [0.05, 0.1) is 0 Å². The molecule has 1 N–H and O–H groups in total. The Hall–Kier alpha value is -0.860. The Labute approximate surface area is 124 Å². The Bertz CT molecular complexity index is 416. The van der Waals surface area contributed by atoms with Gasteiger partial charge >= 0.3 is 0 Å². The van der Waals surface area contributed by atoms with E-state index in [1.165, 1.54) is 30.6 Å². The molecule has 2 nitrogen and oxygen atoms in total. The van der Waals surface area contributed by atoms with Gasteiger partial charge in [-0.3, -0.25) is 0 Å². The van der Waals surface area contributed by atoms with Crippen molar-refractivity contribution in [2.45, 2.75) is 52.1 Å². The van der Waals surface area contributed by atoms with Crippen molar-refractivity contribution in [3.63, 3.8) is 0 Å². The second-order valence-electron chi connectivity index (χ2n) is 7.46. The van der Waals surface area contributed by atoms with Crippen molar-refractivity contribution >= 4 is 0 Å². The van der Waals surface area contributed by atoms with E-state index in [4.69, 9.17) is 0 Å². The molecule has 2 heteroatoms. The lowest BCUT2D eigenvalue weighted by Crippen LogP contribution is -2.46. The van der Waals surface area contributed by atoms with Crippen LogP contribution in [-0.2, 0) is 12.0 Å². The van der Waals surface area contributed by atoms with Crippen LogP contribution in [0.3, 0.4) is 0 Å². The van der Waals surface area contributed by atoms with Crippen molar-refractivity contribution < 1.29 is 0 Å². The van der Waals surface area contributed by atoms with E-state index < -0.39 is 0 Å². The zero-order valence-corrected chi connectivity index (χ0v) is 13.7. The van der Waals surface area contributed by atoms with Gasteiger partial charge < -0.3 is 10.2 Å². The number of nitrogens with zero attached hydrogens (tertiary/aromatic N) is 1. The summed E-state index contributed by atoms with van der Waals surface area (Å²) in [6.07, 6.45) is 1.26. The van der Waals surface area contributed by atoms with E-state index in [-0.39, 0.29) is 5.41 Å². The summed E-state index contributed by atoms with van der Waals surface area (Å²) in [5.74, 6) is 0.739. The number of rotatable bonds is 3. The highest BCUT2D eigenvalue weighted by Gasteiger charge is 2.23. The Kier molecular flexibility index (Phi) is 4.87. The van der Waals surface area contributed by atoms with Gasteiger partial charge in [-0.15, -0.1) is 0 Å². The minimum Gasteiger partial charge on any atom is -0.310 e. The molecule has 20 heavy (non-hydrogen) atoms. The fraction of sp³-hybridized carbons (Fsp3) is 0.667. The van der Waals surface area contributed by atoms with E-state index in [1.54, 1.807) is 0 Å². The standard InChI is InChI=1S/C18H30N2/c1-14-13-20(5)11-10-17(14)19-12-15-6-8-16(9-7-15)18(2,3)4/h6-9,14,17,19H,10-13H2,1-5H3. The summed E-state index contributed by atoms with van der Waals surface area (Å²) >= 11 is 0. The molecule has 0 aromatic heterocycles. The molecule has 0 aliphatic carbocycles. The molecule has 0 saturated carbocycles. The molecule has 1 aliphatic rings. The van der Waals surface area contributed by atoms with Crippen LogP contribution < -0.4 is 5.32 Å². The van der Waals surface area contributed by atoms with Gasteiger partial charge in [-0.1, -0.05) is 52.0 Å². The zero-order chi connectivity index (χ0) is 14.8. The average Bonchev–Trinajstić information content (AvgIpc) is 2.37. The van der Waals surface area contributed by atoms with Gasteiger partial charge in [-0.05, 0) is 42.5 Å².